The number of aliphatic hydroxyl groups excluding tert-OH is 1. The van der Waals surface area contributed by atoms with Gasteiger partial charge in [0.15, 0.2) is 0 Å². The first-order chi connectivity index (χ1) is 5.11. The lowest BCUT2D eigenvalue weighted by Crippen LogP contribution is -1.97. The van der Waals surface area contributed by atoms with E-state index in [0.29, 0.717) is 5.69 Å². The fraction of sp³-hybridized carbons (Fsp3) is 0.250. The lowest BCUT2D eigenvalue weighted by atomic mass is 10.1. The number of nitrogens with two attached hydrogens (primary N) is 1. The van der Waals surface area contributed by atoms with Crippen molar-refractivity contribution in [2.45, 2.75) is 13.0 Å². The predicted octanol–water partition coefficient (Wildman–Crippen LogP) is 2.08. The molecule has 0 aliphatic rings. The molecule has 0 saturated heterocycles. The number of hydrogen-bond acceptors (Lipinski definition) is 2. The molecule has 0 fully saturated rings. The maximum Gasteiger partial charge on any atom is 0.0781 e. The third-order valence-corrected chi connectivity index (χ3v) is 1.99. The van der Waals surface area contributed by atoms with Gasteiger partial charge in [-0.05, 0) is 19.1 Å². The Bertz CT molecular complexity index is 260. The molecule has 0 heterocycles. The SMILES string of the molecule is CC(O)c1ccc(Br)cc1N. The molecule has 0 aliphatic carbocycles. The normalized spacial score (nSPS) is 13.0. The Labute approximate surface area is 74.2 Å². The van der Waals surface area contributed by atoms with E-state index in [2.05, 4.69) is 15.9 Å². The topological polar surface area (TPSA) is 46.2 Å². The highest BCUT2D eigenvalue weighted by atomic mass is 79.9. The molecule has 1 aromatic rings. The summed E-state index contributed by atoms with van der Waals surface area (Å²) in [7, 11) is 0. The van der Waals surface area contributed by atoms with Gasteiger partial charge in [0.2, 0.25) is 0 Å². The van der Waals surface area contributed by atoms with Crippen LogP contribution in [0.2, 0.25) is 0 Å². The van der Waals surface area contributed by atoms with Gasteiger partial charge in [-0.25, -0.2) is 0 Å². The van der Waals surface area contributed by atoms with Gasteiger partial charge >= 0.3 is 0 Å². The first-order valence-corrected chi connectivity index (χ1v) is 4.13. The molecule has 60 valence electrons. The molecule has 11 heavy (non-hydrogen) atoms. The van der Waals surface area contributed by atoms with Crippen molar-refractivity contribution in [3.05, 3.63) is 28.2 Å². The largest absolute Gasteiger partial charge is 0.398 e. The molecule has 1 unspecified atom stereocenters. The highest BCUT2D eigenvalue weighted by molar-refractivity contribution is 9.10. The van der Waals surface area contributed by atoms with Gasteiger partial charge in [-0.2, -0.15) is 0 Å². The van der Waals surface area contributed by atoms with E-state index in [1.54, 1.807) is 13.0 Å². The van der Waals surface area contributed by atoms with E-state index in [1.807, 2.05) is 12.1 Å². The maximum atomic E-state index is 9.20. The molecule has 0 aromatic heterocycles. The number of aliphatic hydroxyl groups is 1. The molecule has 0 aliphatic heterocycles. The molecule has 3 heteroatoms. The van der Waals surface area contributed by atoms with Crippen LogP contribution in [0, 0.1) is 0 Å². The first kappa shape index (κ1) is 8.56. The van der Waals surface area contributed by atoms with Crippen LogP contribution in [-0.2, 0) is 0 Å². The van der Waals surface area contributed by atoms with Crippen molar-refractivity contribution >= 4 is 21.6 Å². The average Bonchev–Trinajstić information content (AvgIpc) is 1.85. The molecule has 1 aromatic carbocycles. The minimum Gasteiger partial charge on any atom is -0.398 e. The van der Waals surface area contributed by atoms with Gasteiger partial charge in [-0.3, -0.25) is 0 Å². The van der Waals surface area contributed by atoms with Gasteiger partial charge in [-0.1, -0.05) is 22.0 Å². The number of halogens is 1. The van der Waals surface area contributed by atoms with Gasteiger partial charge in [0.05, 0.1) is 6.10 Å². The predicted molar refractivity (Wildman–Crippen MR) is 49.2 cm³/mol. The van der Waals surface area contributed by atoms with Crippen molar-refractivity contribution in [1.29, 1.82) is 0 Å². The molecule has 0 bridgehead atoms. The molecule has 2 nitrogen and oxygen atoms in total. The Morgan fingerprint density at radius 3 is 2.64 bits per heavy atom. The van der Waals surface area contributed by atoms with Crippen LogP contribution in [0.5, 0.6) is 0 Å². The highest BCUT2D eigenvalue weighted by Gasteiger charge is 2.04. The van der Waals surface area contributed by atoms with Crippen molar-refractivity contribution in [2.75, 3.05) is 5.73 Å². The quantitative estimate of drug-likeness (QED) is 0.706. The fourth-order valence-electron chi connectivity index (χ4n) is 0.926. The Balaban J connectivity index is 3.09. The van der Waals surface area contributed by atoms with Gasteiger partial charge in [0, 0.05) is 15.7 Å². The van der Waals surface area contributed by atoms with Gasteiger partial charge in [0.25, 0.3) is 0 Å². The molecule has 0 radical (unpaired) electrons. The summed E-state index contributed by atoms with van der Waals surface area (Å²) in [5.74, 6) is 0. The summed E-state index contributed by atoms with van der Waals surface area (Å²) >= 11 is 3.28. The molecule has 1 atom stereocenters. The molecule has 1 rings (SSSR count). The summed E-state index contributed by atoms with van der Waals surface area (Å²) < 4.78 is 0.930. The number of benzene rings is 1. The van der Waals surface area contributed by atoms with E-state index in [1.165, 1.54) is 0 Å². The molecule has 0 amide bonds. The van der Waals surface area contributed by atoms with Crippen LogP contribution in [0.3, 0.4) is 0 Å². The molecule has 0 saturated carbocycles. The summed E-state index contributed by atoms with van der Waals surface area (Å²) in [4.78, 5) is 0. The monoisotopic (exact) mass is 215 g/mol. The lowest BCUT2D eigenvalue weighted by molar-refractivity contribution is 0.200. The number of anilines is 1. The zero-order valence-electron chi connectivity index (χ0n) is 6.21. The van der Waals surface area contributed by atoms with Crippen LogP contribution in [0.1, 0.15) is 18.6 Å². The summed E-state index contributed by atoms with van der Waals surface area (Å²) in [6.07, 6.45) is -0.497. The molecular formula is C8H10BrNO. The van der Waals surface area contributed by atoms with Gasteiger partial charge in [0.1, 0.15) is 0 Å². The van der Waals surface area contributed by atoms with E-state index in [4.69, 9.17) is 5.73 Å². The highest BCUT2D eigenvalue weighted by Crippen LogP contribution is 2.23. The molecule has 0 spiro atoms. The molecule has 3 N–H and O–H groups in total. The third-order valence-electron chi connectivity index (χ3n) is 1.50. The Morgan fingerprint density at radius 1 is 1.55 bits per heavy atom. The number of hydrogen-bond donors (Lipinski definition) is 2. The van der Waals surface area contributed by atoms with Crippen LogP contribution in [0.25, 0.3) is 0 Å². The Hall–Kier alpha value is -0.540. The van der Waals surface area contributed by atoms with Crippen LogP contribution in [0.4, 0.5) is 5.69 Å². The van der Waals surface area contributed by atoms with Gasteiger partial charge in [-0.15, -0.1) is 0 Å². The zero-order chi connectivity index (χ0) is 8.43. The first-order valence-electron chi connectivity index (χ1n) is 3.34. The second-order valence-corrected chi connectivity index (χ2v) is 3.36. The summed E-state index contributed by atoms with van der Waals surface area (Å²) in [6, 6.07) is 5.45. The van der Waals surface area contributed by atoms with E-state index < -0.39 is 6.10 Å². The number of nitrogen functional groups attached to an aromatic ring is 1. The van der Waals surface area contributed by atoms with Gasteiger partial charge < -0.3 is 10.8 Å². The second kappa shape index (κ2) is 3.24. The van der Waals surface area contributed by atoms with Crippen molar-refractivity contribution in [2.24, 2.45) is 0 Å². The standard InChI is InChI=1S/C8H10BrNO/c1-5(11)7-3-2-6(9)4-8(7)10/h2-5,11H,10H2,1H3. The third kappa shape index (κ3) is 1.94. The minimum absolute atomic E-state index is 0.497. The average molecular weight is 216 g/mol. The van der Waals surface area contributed by atoms with E-state index in [0.717, 1.165) is 10.0 Å². The van der Waals surface area contributed by atoms with E-state index in [-0.39, 0.29) is 0 Å². The minimum atomic E-state index is -0.497. The second-order valence-electron chi connectivity index (χ2n) is 2.45. The van der Waals surface area contributed by atoms with Crippen LogP contribution < -0.4 is 5.73 Å². The smallest absolute Gasteiger partial charge is 0.0781 e. The summed E-state index contributed by atoms with van der Waals surface area (Å²) in [5, 5.41) is 9.20. The Kier molecular flexibility index (Phi) is 2.52. The van der Waals surface area contributed by atoms with Crippen molar-refractivity contribution in [3.8, 4) is 0 Å². The summed E-state index contributed by atoms with van der Waals surface area (Å²) in [5.41, 5.74) is 7.02. The van der Waals surface area contributed by atoms with Crippen molar-refractivity contribution in [1.82, 2.24) is 0 Å². The van der Waals surface area contributed by atoms with Crippen LogP contribution in [0.15, 0.2) is 22.7 Å². The van der Waals surface area contributed by atoms with E-state index >= 15 is 0 Å². The van der Waals surface area contributed by atoms with Crippen LogP contribution in [-0.4, -0.2) is 5.11 Å². The lowest BCUT2D eigenvalue weighted by Gasteiger charge is -2.07. The van der Waals surface area contributed by atoms with Crippen LogP contribution >= 0.6 is 15.9 Å². The maximum absolute atomic E-state index is 9.20. The van der Waals surface area contributed by atoms with Crippen molar-refractivity contribution in [3.63, 3.8) is 0 Å². The summed E-state index contributed by atoms with van der Waals surface area (Å²) in [6.45, 7) is 1.69. The fourth-order valence-corrected chi connectivity index (χ4v) is 1.30. The van der Waals surface area contributed by atoms with Crippen molar-refractivity contribution < 1.29 is 5.11 Å². The number of rotatable bonds is 1. The Morgan fingerprint density at radius 2 is 2.18 bits per heavy atom. The zero-order valence-corrected chi connectivity index (χ0v) is 7.80. The van der Waals surface area contributed by atoms with E-state index in [9.17, 15) is 5.11 Å². The molecular weight excluding hydrogens is 206 g/mol.